The third-order valence-corrected chi connectivity index (χ3v) is 8.48. The zero-order valence-electron chi connectivity index (χ0n) is 15.6. The Morgan fingerprint density at radius 1 is 1.20 bits per heavy atom. The smallest absolute Gasteiger partial charge is 0.136 e. The number of rotatable bonds is 1. The minimum absolute atomic E-state index is 0.0534. The molecule has 0 radical (unpaired) electrons. The summed E-state index contributed by atoms with van der Waals surface area (Å²) >= 11 is 0. The van der Waals surface area contributed by atoms with Gasteiger partial charge in [-0.3, -0.25) is 4.79 Å². The van der Waals surface area contributed by atoms with E-state index in [4.69, 9.17) is 0 Å². The molecule has 25 heavy (non-hydrogen) atoms. The average Bonchev–Trinajstić information content (AvgIpc) is 2.77. The summed E-state index contributed by atoms with van der Waals surface area (Å²) in [6.45, 7) is 5.97. The number of hydrogen-bond donors (Lipinski definition) is 3. The Bertz CT molecular complexity index is 613. The van der Waals surface area contributed by atoms with Gasteiger partial charge >= 0.3 is 0 Å². The highest BCUT2D eigenvalue weighted by Crippen LogP contribution is 2.66. The van der Waals surface area contributed by atoms with E-state index in [-0.39, 0.29) is 40.5 Å². The van der Waals surface area contributed by atoms with E-state index in [1.54, 1.807) is 6.92 Å². The van der Waals surface area contributed by atoms with E-state index in [9.17, 15) is 20.1 Å². The average molecular weight is 348 g/mol. The molecule has 0 unspecified atom stereocenters. The van der Waals surface area contributed by atoms with Crippen LogP contribution in [-0.4, -0.2) is 39.4 Å². The molecule has 0 aromatic carbocycles. The lowest BCUT2D eigenvalue weighted by Crippen LogP contribution is -2.56. The van der Waals surface area contributed by atoms with Gasteiger partial charge in [0.05, 0.1) is 18.3 Å². The van der Waals surface area contributed by atoms with Crippen molar-refractivity contribution in [1.82, 2.24) is 0 Å². The third-order valence-electron chi connectivity index (χ3n) is 8.48. The Labute approximate surface area is 150 Å². The molecule has 4 aliphatic carbocycles. The molecule has 4 nitrogen and oxygen atoms in total. The predicted molar refractivity (Wildman–Crippen MR) is 94.7 cm³/mol. The van der Waals surface area contributed by atoms with Gasteiger partial charge in [-0.2, -0.15) is 0 Å². The zero-order chi connectivity index (χ0) is 18.1. The van der Waals surface area contributed by atoms with Crippen LogP contribution in [-0.2, 0) is 4.79 Å². The first kappa shape index (κ1) is 17.7. The van der Waals surface area contributed by atoms with Crippen LogP contribution in [0.2, 0.25) is 0 Å². The lowest BCUT2D eigenvalue weighted by atomic mass is 9.46. The number of allylic oxidation sites excluding steroid dienone is 1. The molecule has 0 heterocycles. The Morgan fingerprint density at radius 3 is 2.60 bits per heavy atom. The summed E-state index contributed by atoms with van der Waals surface area (Å²) in [5.74, 6) is 0.487. The largest absolute Gasteiger partial charge is 0.393 e. The van der Waals surface area contributed by atoms with Gasteiger partial charge in [-0.15, -0.1) is 0 Å². The van der Waals surface area contributed by atoms with Crippen molar-refractivity contribution in [1.29, 1.82) is 0 Å². The standard InChI is InChI=1S/C21H32O4/c1-11(22)18-16(24)9-15-14-5-4-12-8-13(23)6-7-20(12,2)19(14)17(25)10-21(15,18)3/h4,13-19,23-25H,5-10H2,1-3H3/t13-,14-,15-,16-,17+,18-,19+,20-,21-/m0/s1. The number of fused-ring (bicyclic) bond motifs is 5. The fourth-order valence-electron chi connectivity index (χ4n) is 7.53. The van der Waals surface area contributed by atoms with Crippen molar-refractivity contribution in [2.24, 2.45) is 34.5 Å². The SMILES string of the molecule is CC(=O)[C@H]1[C@@H](O)C[C@H]2[C@@H]3CC=C4C[C@@H](O)CC[C@]4(C)[C@H]3[C@H](O)C[C@@]21C. The van der Waals surface area contributed by atoms with E-state index < -0.39 is 12.2 Å². The van der Waals surface area contributed by atoms with Crippen LogP contribution in [0, 0.1) is 34.5 Å². The Hall–Kier alpha value is -0.710. The first-order valence-electron chi connectivity index (χ1n) is 9.92. The first-order chi connectivity index (χ1) is 11.7. The van der Waals surface area contributed by atoms with Crippen LogP contribution in [0.5, 0.6) is 0 Å². The van der Waals surface area contributed by atoms with Gasteiger partial charge in [-0.25, -0.2) is 0 Å². The normalized spacial score (nSPS) is 55.0. The highest BCUT2D eigenvalue weighted by atomic mass is 16.3. The first-order valence-corrected chi connectivity index (χ1v) is 9.92. The van der Waals surface area contributed by atoms with Crippen LogP contribution < -0.4 is 0 Å². The maximum Gasteiger partial charge on any atom is 0.136 e. The molecule has 9 atom stereocenters. The molecule has 140 valence electrons. The van der Waals surface area contributed by atoms with Crippen LogP contribution >= 0.6 is 0 Å². The minimum atomic E-state index is -0.579. The van der Waals surface area contributed by atoms with Crippen molar-refractivity contribution in [3.05, 3.63) is 11.6 Å². The van der Waals surface area contributed by atoms with Crippen LogP contribution in [0.25, 0.3) is 0 Å². The summed E-state index contributed by atoms with van der Waals surface area (Å²) in [4.78, 5) is 12.2. The van der Waals surface area contributed by atoms with E-state index >= 15 is 0 Å². The molecule has 0 aliphatic heterocycles. The summed E-state index contributed by atoms with van der Waals surface area (Å²) in [5.41, 5.74) is 0.959. The number of aliphatic hydroxyl groups excluding tert-OH is 3. The summed E-state index contributed by atoms with van der Waals surface area (Å²) < 4.78 is 0. The number of hydrogen-bond acceptors (Lipinski definition) is 4. The lowest BCUT2D eigenvalue weighted by molar-refractivity contribution is -0.142. The van der Waals surface area contributed by atoms with Gasteiger partial charge in [0.1, 0.15) is 5.78 Å². The number of ketones is 1. The number of carbonyl (C=O) groups excluding carboxylic acids is 1. The number of aliphatic hydroxyl groups is 3. The lowest BCUT2D eigenvalue weighted by Gasteiger charge is -2.59. The highest BCUT2D eigenvalue weighted by molar-refractivity contribution is 5.80. The molecular weight excluding hydrogens is 316 g/mol. The van der Waals surface area contributed by atoms with E-state index in [1.165, 1.54) is 5.57 Å². The fourth-order valence-corrected chi connectivity index (χ4v) is 7.53. The van der Waals surface area contributed by atoms with Gasteiger partial charge in [0.25, 0.3) is 0 Å². The Morgan fingerprint density at radius 2 is 1.92 bits per heavy atom. The zero-order valence-corrected chi connectivity index (χ0v) is 15.6. The molecule has 0 saturated heterocycles. The monoisotopic (exact) mass is 348 g/mol. The molecule has 3 N–H and O–H groups in total. The van der Waals surface area contributed by atoms with Crippen molar-refractivity contribution >= 4 is 5.78 Å². The van der Waals surface area contributed by atoms with Crippen molar-refractivity contribution < 1.29 is 20.1 Å². The second kappa shape index (κ2) is 5.64. The number of carbonyl (C=O) groups is 1. The summed E-state index contributed by atoms with van der Waals surface area (Å²) in [6.07, 6.45) is 5.65. The Balaban J connectivity index is 1.73. The molecule has 0 aromatic rings. The van der Waals surface area contributed by atoms with Crippen LogP contribution in [0.1, 0.15) is 59.3 Å². The van der Waals surface area contributed by atoms with Gasteiger partial charge in [0, 0.05) is 5.92 Å². The van der Waals surface area contributed by atoms with Gasteiger partial charge in [0.15, 0.2) is 0 Å². The van der Waals surface area contributed by atoms with Gasteiger partial charge in [-0.1, -0.05) is 25.5 Å². The molecule has 3 saturated carbocycles. The van der Waals surface area contributed by atoms with E-state index in [0.29, 0.717) is 18.8 Å². The van der Waals surface area contributed by atoms with Crippen LogP contribution in [0.3, 0.4) is 0 Å². The second-order valence-corrected chi connectivity index (χ2v) is 9.74. The summed E-state index contributed by atoms with van der Waals surface area (Å²) in [5, 5.41) is 31.9. The van der Waals surface area contributed by atoms with E-state index in [2.05, 4.69) is 19.9 Å². The maximum absolute atomic E-state index is 12.2. The predicted octanol–water partition coefficient (Wildman–Crippen LogP) is 2.46. The van der Waals surface area contributed by atoms with E-state index in [0.717, 1.165) is 25.7 Å². The molecule has 4 rings (SSSR count). The van der Waals surface area contributed by atoms with Crippen LogP contribution in [0.15, 0.2) is 11.6 Å². The van der Waals surface area contributed by atoms with Gasteiger partial charge in [0.2, 0.25) is 0 Å². The molecule has 4 aliphatic rings. The highest BCUT2D eigenvalue weighted by Gasteiger charge is 2.64. The van der Waals surface area contributed by atoms with E-state index in [1.807, 2.05) is 0 Å². The summed E-state index contributed by atoms with van der Waals surface area (Å²) in [7, 11) is 0. The topological polar surface area (TPSA) is 77.8 Å². The Kier molecular flexibility index (Phi) is 3.99. The van der Waals surface area contributed by atoms with Crippen molar-refractivity contribution in [3.8, 4) is 0 Å². The maximum atomic E-state index is 12.2. The minimum Gasteiger partial charge on any atom is -0.393 e. The molecule has 4 heteroatoms. The van der Waals surface area contributed by atoms with Crippen molar-refractivity contribution in [2.45, 2.75) is 77.6 Å². The van der Waals surface area contributed by atoms with Gasteiger partial charge in [-0.05, 0) is 74.0 Å². The number of Topliss-reactive ketones (excluding diaryl/α,β-unsaturated/α-hetero) is 1. The molecule has 0 aromatic heterocycles. The summed E-state index contributed by atoms with van der Waals surface area (Å²) in [6, 6.07) is 0. The third kappa shape index (κ3) is 2.33. The fraction of sp³-hybridized carbons (Fsp3) is 0.857. The molecule has 0 amide bonds. The molecule has 3 fully saturated rings. The molecule has 0 bridgehead atoms. The molecule has 0 spiro atoms. The van der Waals surface area contributed by atoms with Gasteiger partial charge < -0.3 is 15.3 Å². The molecular formula is C21H32O4. The van der Waals surface area contributed by atoms with Crippen LogP contribution in [0.4, 0.5) is 0 Å². The quantitative estimate of drug-likeness (QED) is 0.636. The van der Waals surface area contributed by atoms with Crippen molar-refractivity contribution in [2.75, 3.05) is 0 Å². The second-order valence-electron chi connectivity index (χ2n) is 9.74. The van der Waals surface area contributed by atoms with Crippen molar-refractivity contribution in [3.63, 3.8) is 0 Å².